The highest BCUT2D eigenvalue weighted by molar-refractivity contribution is 5.78. The second-order valence-corrected chi connectivity index (χ2v) is 3.47. The number of rotatable bonds is 4. The van der Waals surface area contributed by atoms with Crippen molar-refractivity contribution in [3.63, 3.8) is 0 Å². The highest BCUT2D eigenvalue weighted by atomic mass is 16.5. The van der Waals surface area contributed by atoms with Crippen LogP contribution in [-0.4, -0.2) is 29.8 Å². The van der Waals surface area contributed by atoms with Gasteiger partial charge in [0.25, 0.3) is 0 Å². The van der Waals surface area contributed by atoms with E-state index in [0.717, 1.165) is 0 Å². The van der Waals surface area contributed by atoms with Gasteiger partial charge in [0, 0.05) is 6.54 Å². The van der Waals surface area contributed by atoms with Crippen LogP contribution < -0.4 is 5.73 Å². The Balaban J connectivity index is 3.88. The van der Waals surface area contributed by atoms with Gasteiger partial charge in [-0.3, -0.25) is 0 Å². The predicted octanol–water partition coefficient (Wildman–Crippen LogP) is -0.105. The molecule has 72 valence electrons. The lowest BCUT2D eigenvalue weighted by atomic mass is 10.1. The van der Waals surface area contributed by atoms with Crippen molar-refractivity contribution in [3.8, 4) is 0 Å². The summed E-state index contributed by atoms with van der Waals surface area (Å²) >= 11 is 0. The van der Waals surface area contributed by atoms with Crippen molar-refractivity contribution in [1.82, 2.24) is 0 Å². The van der Waals surface area contributed by atoms with E-state index in [1.807, 2.05) is 13.8 Å². The minimum Gasteiger partial charge on any atom is -0.463 e. The zero-order valence-electron chi connectivity index (χ0n) is 7.83. The van der Waals surface area contributed by atoms with Crippen molar-refractivity contribution < 1.29 is 14.6 Å². The van der Waals surface area contributed by atoms with E-state index in [9.17, 15) is 9.90 Å². The van der Waals surface area contributed by atoms with Crippen LogP contribution in [-0.2, 0) is 9.53 Å². The summed E-state index contributed by atoms with van der Waals surface area (Å²) in [6.07, 6.45) is 0. The van der Waals surface area contributed by atoms with Gasteiger partial charge < -0.3 is 15.6 Å². The van der Waals surface area contributed by atoms with Crippen molar-refractivity contribution >= 4 is 5.97 Å². The van der Waals surface area contributed by atoms with E-state index in [-0.39, 0.29) is 12.5 Å². The van der Waals surface area contributed by atoms with Gasteiger partial charge >= 0.3 is 5.97 Å². The highest BCUT2D eigenvalue weighted by Gasteiger charge is 2.30. The van der Waals surface area contributed by atoms with Crippen molar-refractivity contribution in [3.05, 3.63) is 0 Å². The molecule has 0 heterocycles. The molecule has 12 heavy (non-hydrogen) atoms. The average Bonchev–Trinajstić information content (AvgIpc) is 2.00. The quantitative estimate of drug-likeness (QED) is 0.585. The summed E-state index contributed by atoms with van der Waals surface area (Å²) in [6.45, 7) is 5.38. The molecule has 0 spiro atoms. The Bertz CT molecular complexity index is 154. The van der Waals surface area contributed by atoms with Crippen LogP contribution in [0.5, 0.6) is 0 Å². The Morgan fingerprint density at radius 1 is 1.67 bits per heavy atom. The summed E-state index contributed by atoms with van der Waals surface area (Å²) in [5, 5.41) is 9.31. The summed E-state index contributed by atoms with van der Waals surface area (Å²) in [6, 6.07) is 0. The number of hydrogen-bond acceptors (Lipinski definition) is 4. The van der Waals surface area contributed by atoms with E-state index in [1.165, 1.54) is 6.92 Å². The molecule has 0 aliphatic heterocycles. The Morgan fingerprint density at radius 3 is 2.50 bits per heavy atom. The Kier molecular flexibility index (Phi) is 4.20. The topological polar surface area (TPSA) is 72.5 Å². The molecule has 4 nitrogen and oxygen atoms in total. The molecular formula is C8H17NO3. The van der Waals surface area contributed by atoms with Gasteiger partial charge in [-0.05, 0) is 12.8 Å². The standard InChI is InChI=1S/C8H17NO3/c1-6(2)4-12-7(10)8(3,11)5-9/h6,11H,4-5,9H2,1-3H3. The van der Waals surface area contributed by atoms with Crippen LogP contribution >= 0.6 is 0 Å². The van der Waals surface area contributed by atoms with Gasteiger partial charge in [-0.2, -0.15) is 0 Å². The molecule has 1 atom stereocenters. The third-order valence-electron chi connectivity index (χ3n) is 1.38. The molecule has 0 radical (unpaired) electrons. The van der Waals surface area contributed by atoms with Crippen LogP contribution in [0.3, 0.4) is 0 Å². The monoisotopic (exact) mass is 175 g/mol. The van der Waals surface area contributed by atoms with Crippen LogP contribution in [0.2, 0.25) is 0 Å². The van der Waals surface area contributed by atoms with Gasteiger partial charge in [0.2, 0.25) is 0 Å². The molecule has 0 rings (SSSR count). The van der Waals surface area contributed by atoms with E-state index in [1.54, 1.807) is 0 Å². The zero-order valence-corrected chi connectivity index (χ0v) is 7.83. The number of esters is 1. The van der Waals surface area contributed by atoms with Gasteiger partial charge in [0.1, 0.15) is 0 Å². The lowest BCUT2D eigenvalue weighted by Gasteiger charge is -2.19. The molecule has 4 heteroatoms. The lowest BCUT2D eigenvalue weighted by molar-refractivity contribution is -0.163. The molecule has 3 N–H and O–H groups in total. The molecule has 0 saturated carbocycles. The lowest BCUT2D eigenvalue weighted by Crippen LogP contribution is -2.44. The summed E-state index contributed by atoms with van der Waals surface area (Å²) < 4.78 is 4.79. The largest absolute Gasteiger partial charge is 0.463 e. The minimum atomic E-state index is -1.55. The highest BCUT2D eigenvalue weighted by Crippen LogP contribution is 2.04. The number of carbonyl (C=O) groups is 1. The Morgan fingerprint density at radius 2 is 2.17 bits per heavy atom. The SMILES string of the molecule is CC(C)COC(=O)C(C)(O)CN. The molecule has 0 aromatic carbocycles. The van der Waals surface area contributed by atoms with Crippen LogP contribution in [0.15, 0.2) is 0 Å². The third-order valence-corrected chi connectivity index (χ3v) is 1.38. The molecule has 0 aromatic heterocycles. The number of carbonyl (C=O) groups excluding carboxylic acids is 1. The van der Waals surface area contributed by atoms with E-state index in [2.05, 4.69) is 0 Å². The smallest absolute Gasteiger partial charge is 0.339 e. The van der Waals surface area contributed by atoms with E-state index in [4.69, 9.17) is 10.5 Å². The van der Waals surface area contributed by atoms with Crippen molar-refractivity contribution in [2.24, 2.45) is 11.7 Å². The van der Waals surface area contributed by atoms with Crippen molar-refractivity contribution in [1.29, 1.82) is 0 Å². The molecule has 0 saturated heterocycles. The van der Waals surface area contributed by atoms with Crippen LogP contribution in [0, 0.1) is 5.92 Å². The number of nitrogens with two attached hydrogens (primary N) is 1. The first-order valence-corrected chi connectivity index (χ1v) is 4.00. The summed E-state index contributed by atoms with van der Waals surface area (Å²) in [5.41, 5.74) is 3.62. The summed E-state index contributed by atoms with van der Waals surface area (Å²) in [7, 11) is 0. The first-order chi connectivity index (χ1) is 5.40. The van der Waals surface area contributed by atoms with E-state index in [0.29, 0.717) is 6.61 Å². The fraction of sp³-hybridized carbons (Fsp3) is 0.875. The molecule has 0 aliphatic rings. The molecular weight excluding hydrogens is 158 g/mol. The second kappa shape index (κ2) is 4.42. The van der Waals surface area contributed by atoms with Gasteiger partial charge in [-0.15, -0.1) is 0 Å². The molecule has 0 bridgehead atoms. The Labute approximate surface area is 72.7 Å². The average molecular weight is 175 g/mol. The molecule has 0 aliphatic carbocycles. The predicted molar refractivity (Wildman–Crippen MR) is 45.5 cm³/mol. The number of ether oxygens (including phenoxy) is 1. The maximum absolute atomic E-state index is 11.0. The fourth-order valence-electron chi connectivity index (χ4n) is 0.481. The zero-order chi connectivity index (χ0) is 9.78. The first kappa shape index (κ1) is 11.4. The molecule has 0 fully saturated rings. The van der Waals surface area contributed by atoms with Crippen molar-refractivity contribution in [2.75, 3.05) is 13.2 Å². The van der Waals surface area contributed by atoms with Crippen LogP contribution in [0.1, 0.15) is 20.8 Å². The van der Waals surface area contributed by atoms with Gasteiger partial charge in [-0.25, -0.2) is 4.79 Å². The third kappa shape index (κ3) is 3.69. The van der Waals surface area contributed by atoms with Gasteiger partial charge in [0.05, 0.1) is 6.61 Å². The maximum Gasteiger partial charge on any atom is 0.339 e. The minimum absolute atomic E-state index is 0.121. The summed E-state index contributed by atoms with van der Waals surface area (Å²) in [5.74, 6) is -0.388. The van der Waals surface area contributed by atoms with Crippen molar-refractivity contribution in [2.45, 2.75) is 26.4 Å². The van der Waals surface area contributed by atoms with Gasteiger partial charge in [-0.1, -0.05) is 13.8 Å². The second-order valence-electron chi connectivity index (χ2n) is 3.47. The maximum atomic E-state index is 11.0. The number of hydrogen-bond donors (Lipinski definition) is 2. The van der Waals surface area contributed by atoms with E-state index < -0.39 is 11.6 Å². The van der Waals surface area contributed by atoms with Crippen LogP contribution in [0.4, 0.5) is 0 Å². The normalized spacial score (nSPS) is 15.8. The fourth-order valence-corrected chi connectivity index (χ4v) is 0.481. The first-order valence-electron chi connectivity index (χ1n) is 4.00. The molecule has 0 amide bonds. The van der Waals surface area contributed by atoms with Gasteiger partial charge in [0.15, 0.2) is 5.60 Å². The van der Waals surface area contributed by atoms with Crippen LogP contribution in [0.25, 0.3) is 0 Å². The molecule has 1 unspecified atom stereocenters. The Hall–Kier alpha value is -0.610. The van der Waals surface area contributed by atoms with E-state index >= 15 is 0 Å². The molecule has 0 aromatic rings. The summed E-state index contributed by atoms with van der Waals surface area (Å²) in [4.78, 5) is 11.0. The number of aliphatic hydroxyl groups is 1.